The van der Waals surface area contributed by atoms with Crippen molar-refractivity contribution in [1.82, 2.24) is 9.88 Å². The number of fused-ring (bicyclic) bond motifs is 1. The number of aromatic nitrogens is 1. The summed E-state index contributed by atoms with van der Waals surface area (Å²) in [5.41, 5.74) is 0.944. The first-order valence-corrected chi connectivity index (χ1v) is 8.19. The number of carbonyl (C=O) groups is 1. The fraction of sp³-hybridized carbons (Fsp3) is 0.556. The molecule has 0 aliphatic carbocycles. The Morgan fingerprint density at radius 2 is 1.96 bits per heavy atom. The highest BCUT2D eigenvalue weighted by Crippen LogP contribution is 2.27. The molecule has 2 rings (SSSR count). The van der Waals surface area contributed by atoms with E-state index in [2.05, 4.69) is 10.3 Å². The van der Waals surface area contributed by atoms with Crippen molar-refractivity contribution in [1.29, 1.82) is 0 Å². The van der Waals surface area contributed by atoms with E-state index < -0.39 is 5.60 Å². The molecule has 0 radical (unpaired) electrons. The Bertz CT molecular complexity index is 723. The third-order valence-electron chi connectivity index (χ3n) is 3.53. The van der Waals surface area contributed by atoms with Crippen LogP contribution in [-0.4, -0.2) is 39.7 Å². The quantitative estimate of drug-likeness (QED) is 0.893. The molecule has 1 aromatic carbocycles. The summed E-state index contributed by atoms with van der Waals surface area (Å²) in [4.78, 5) is 18.4. The van der Waals surface area contributed by atoms with Gasteiger partial charge in [-0.25, -0.2) is 9.78 Å². The highest BCUT2D eigenvalue weighted by molar-refractivity contribution is 5.91. The van der Waals surface area contributed by atoms with Crippen molar-refractivity contribution < 1.29 is 14.3 Å². The summed E-state index contributed by atoms with van der Waals surface area (Å²) >= 11 is 0. The lowest BCUT2D eigenvalue weighted by Crippen LogP contribution is -2.44. The Hall–Kier alpha value is -2.08. The van der Waals surface area contributed by atoms with Crippen LogP contribution in [0.25, 0.3) is 11.1 Å². The van der Waals surface area contributed by atoms with Crippen LogP contribution in [0.4, 0.5) is 10.5 Å². The molecule has 0 aliphatic rings. The van der Waals surface area contributed by atoms with Crippen molar-refractivity contribution in [2.45, 2.75) is 52.6 Å². The molecule has 6 heteroatoms. The van der Waals surface area contributed by atoms with E-state index in [1.807, 2.05) is 27.7 Å². The number of nitrogens with one attached hydrogen (secondary N) is 1. The largest absolute Gasteiger partial charge is 0.440 e. The lowest BCUT2D eigenvalue weighted by atomic mass is 9.97. The first-order chi connectivity index (χ1) is 11.0. The standard InChI is InChI=1S/C18H27N3O3/c1-7-21(11-18(5,6)23)16(22)19-12-8-9-14-13(10-12)20-15(24-14)17(2,3)4/h8-10,23H,7,11H2,1-6H3,(H,19,22). The molecule has 0 atom stereocenters. The number of likely N-dealkylation sites (N-methyl/N-ethyl adjacent to an activating group) is 1. The molecule has 0 aliphatic heterocycles. The van der Waals surface area contributed by atoms with Gasteiger partial charge in [-0.3, -0.25) is 0 Å². The summed E-state index contributed by atoms with van der Waals surface area (Å²) in [6.45, 7) is 12.1. The van der Waals surface area contributed by atoms with Crippen LogP contribution in [0.2, 0.25) is 0 Å². The highest BCUT2D eigenvalue weighted by Gasteiger charge is 2.23. The summed E-state index contributed by atoms with van der Waals surface area (Å²) in [5.74, 6) is 0.665. The van der Waals surface area contributed by atoms with Gasteiger partial charge in [-0.1, -0.05) is 20.8 Å². The van der Waals surface area contributed by atoms with E-state index in [4.69, 9.17) is 4.42 Å². The summed E-state index contributed by atoms with van der Waals surface area (Å²) in [5, 5.41) is 12.8. The van der Waals surface area contributed by atoms with Gasteiger partial charge in [-0.15, -0.1) is 0 Å². The van der Waals surface area contributed by atoms with Crippen LogP contribution < -0.4 is 5.32 Å². The molecule has 2 N–H and O–H groups in total. The van der Waals surface area contributed by atoms with E-state index in [-0.39, 0.29) is 18.0 Å². The molecule has 0 unspecified atom stereocenters. The Kier molecular flexibility index (Phi) is 4.90. The summed E-state index contributed by atoms with van der Waals surface area (Å²) in [6.07, 6.45) is 0. The molecule has 2 aromatic rings. The van der Waals surface area contributed by atoms with Gasteiger partial charge in [0.1, 0.15) is 5.52 Å². The van der Waals surface area contributed by atoms with E-state index in [9.17, 15) is 9.90 Å². The Morgan fingerprint density at radius 1 is 1.29 bits per heavy atom. The van der Waals surface area contributed by atoms with E-state index in [0.29, 0.717) is 29.2 Å². The van der Waals surface area contributed by atoms with Gasteiger partial charge in [-0.2, -0.15) is 0 Å². The number of oxazole rings is 1. The van der Waals surface area contributed by atoms with Crippen molar-refractivity contribution in [2.24, 2.45) is 0 Å². The highest BCUT2D eigenvalue weighted by atomic mass is 16.3. The smallest absolute Gasteiger partial charge is 0.321 e. The van der Waals surface area contributed by atoms with Crippen molar-refractivity contribution in [3.63, 3.8) is 0 Å². The van der Waals surface area contributed by atoms with Crippen molar-refractivity contribution in [2.75, 3.05) is 18.4 Å². The fourth-order valence-electron chi connectivity index (χ4n) is 2.32. The monoisotopic (exact) mass is 333 g/mol. The zero-order chi connectivity index (χ0) is 18.1. The van der Waals surface area contributed by atoms with Gasteiger partial charge in [0.15, 0.2) is 5.58 Å². The number of rotatable bonds is 4. The molecule has 0 fully saturated rings. The maximum atomic E-state index is 12.4. The van der Waals surface area contributed by atoms with Crippen molar-refractivity contribution in [3.05, 3.63) is 24.1 Å². The third kappa shape index (κ3) is 4.47. The van der Waals surface area contributed by atoms with Crippen LogP contribution in [0.15, 0.2) is 22.6 Å². The lowest BCUT2D eigenvalue weighted by molar-refractivity contribution is 0.0501. The molecule has 1 aromatic heterocycles. The Labute approximate surface area is 142 Å². The van der Waals surface area contributed by atoms with Gasteiger partial charge in [0.2, 0.25) is 5.89 Å². The molecule has 0 bridgehead atoms. The molecule has 0 saturated carbocycles. The van der Waals surface area contributed by atoms with E-state index in [0.717, 1.165) is 0 Å². The first kappa shape index (κ1) is 18.3. The van der Waals surface area contributed by atoms with E-state index in [1.54, 1.807) is 36.9 Å². The van der Waals surface area contributed by atoms with Gasteiger partial charge in [-0.05, 0) is 39.0 Å². The van der Waals surface area contributed by atoms with Gasteiger partial charge < -0.3 is 19.7 Å². The number of nitrogens with zero attached hydrogens (tertiary/aromatic N) is 2. The number of carbonyl (C=O) groups excluding carboxylic acids is 1. The maximum absolute atomic E-state index is 12.4. The molecule has 24 heavy (non-hydrogen) atoms. The number of benzene rings is 1. The van der Waals surface area contributed by atoms with Crippen molar-refractivity contribution in [3.8, 4) is 0 Å². The van der Waals surface area contributed by atoms with Gasteiger partial charge in [0.05, 0.1) is 12.1 Å². The predicted octanol–water partition coefficient (Wildman–Crippen LogP) is 3.75. The summed E-state index contributed by atoms with van der Waals surface area (Å²) in [6, 6.07) is 5.14. The maximum Gasteiger partial charge on any atom is 0.321 e. The van der Waals surface area contributed by atoms with Crippen LogP contribution in [-0.2, 0) is 5.41 Å². The molecule has 6 nitrogen and oxygen atoms in total. The number of urea groups is 1. The molecular weight excluding hydrogens is 306 g/mol. The van der Waals surface area contributed by atoms with Crippen LogP contribution in [0, 0.1) is 0 Å². The normalized spacial score (nSPS) is 12.5. The van der Waals surface area contributed by atoms with Gasteiger partial charge >= 0.3 is 6.03 Å². The Morgan fingerprint density at radius 3 is 2.50 bits per heavy atom. The molecular formula is C18H27N3O3. The first-order valence-electron chi connectivity index (χ1n) is 8.19. The van der Waals surface area contributed by atoms with Crippen LogP contribution in [0.1, 0.15) is 47.4 Å². The van der Waals surface area contributed by atoms with Gasteiger partial charge in [0.25, 0.3) is 0 Å². The minimum absolute atomic E-state index is 0.172. The second-order valence-corrected chi connectivity index (χ2v) is 7.71. The molecule has 132 valence electrons. The molecule has 0 saturated heterocycles. The average molecular weight is 333 g/mol. The van der Waals surface area contributed by atoms with E-state index in [1.165, 1.54) is 0 Å². The number of amides is 2. The number of hydrogen-bond donors (Lipinski definition) is 2. The fourth-order valence-corrected chi connectivity index (χ4v) is 2.32. The third-order valence-corrected chi connectivity index (χ3v) is 3.53. The zero-order valence-corrected chi connectivity index (χ0v) is 15.3. The second-order valence-electron chi connectivity index (χ2n) is 7.71. The molecule has 2 amide bonds. The minimum Gasteiger partial charge on any atom is -0.440 e. The average Bonchev–Trinajstić information content (AvgIpc) is 2.87. The molecule has 0 spiro atoms. The SMILES string of the molecule is CCN(CC(C)(C)O)C(=O)Nc1ccc2oc(C(C)(C)C)nc2c1. The predicted molar refractivity (Wildman–Crippen MR) is 95.3 cm³/mol. The topological polar surface area (TPSA) is 78.6 Å². The second kappa shape index (κ2) is 6.43. The van der Waals surface area contributed by atoms with Crippen LogP contribution in [0.3, 0.4) is 0 Å². The van der Waals surface area contributed by atoms with Crippen LogP contribution >= 0.6 is 0 Å². The molecule has 1 heterocycles. The minimum atomic E-state index is -0.939. The summed E-state index contributed by atoms with van der Waals surface area (Å²) < 4.78 is 5.76. The van der Waals surface area contributed by atoms with Crippen LogP contribution in [0.5, 0.6) is 0 Å². The summed E-state index contributed by atoms with van der Waals surface area (Å²) in [7, 11) is 0. The number of aliphatic hydroxyl groups is 1. The zero-order valence-electron chi connectivity index (χ0n) is 15.3. The number of anilines is 1. The van der Waals surface area contributed by atoms with Crippen molar-refractivity contribution >= 4 is 22.8 Å². The number of hydrogen-bond acceptors (Lipinski definition) is 4. The van der Waals surface area contributed by atoms with Gasteiger partial charge in [0, 0.05) is 17.6 Å². The Balaban J connectivity index is 2.19. The lowest BCUT2D eigenvalue weighted by Gasteiger charge is -2.28. The van der Waals surface area contributed by atoms with E-state index >= 15 is 0 Å².